The van der Waals surface area contributed by atoms with Crippen LogP contribution in [0.4, 0.5) is 17.2 Å². The van der Waals surface area contributed by atoms with Gasteiger partial charge in [-0.15, -0.1) is 0 Å². The maximum Gasteiger partial charge on any atom is 0.299 e. The Bertz CT molecular complexity index is 1690. The van der Waals surface area contributed by atoms with Gasteiger partial charge in [-0.05, 0) is 69.0 Å². The van der Waals surface area contributed by atoms with E-state index in [0.29, 0.717) is 17.1 Å². The van der Waals surface area contributed by atoms with Crippen LogP contribution in [-0.2, 0) is 10.2 Å². The Morgan fingerprint density at radius 1 is 1.00 bits per heavy atom. The van der Waals surface area contributed by atoms with Crippen molar-refractivity contribution in [3.8, 4) is 23.4 Å². The summed E-state index contributed by atoms with van der Waals surface area (Å²) in [6.45, 7) is 3.50. The lowest BCUT2D eigenvalue weighted by Gasteiger charge is -2.30. The number of anilines is 3. The predicted octanol–water partition coefficient (Wildman–Crippen LogP) is 4.96. The fourth-order valence-corrected chi connectivity index (χ4v) is 5.77. The minimum Gasteiger partial charge on any atom is -0.338 e. The molecule has 0 amide bonds. The maximum atomic E-state index is 12.3. The highest BCUT2D eigenvalue weighted by molar-refractivity contribution is 7.90. The molecule has 4 aromatic rings. The van der Waals surface area contributed by atoms with Crippen LogP contribution in [0.15, 0.2) is 54.9 Å². The smallest absolute Gasteiger partial charge is 0.299 e. The van der Waals surface area contributed by atoms with Crippen molar-refractivity contribution in [3.63, 3.8) is 0 Å². The number of fused-ring (bicyclic) bond motifs is 1. The van der Waals surface area contributed by atoms with Crippen molar-refractivity contribution in [2.75, 3.05) is 10.0 Å². The number of nitrogens with one attached hydrogen (secondary N) is 3. The van der Waals surface area contributed by atoms with Gasteiger partial charge in [-0.1, -0.05) is 12.1 Å². The van der Waals surface area contributed by atoms with Crippen LogP contribution >= 0.6 is 0 Å². The van der Waals surface area contributed by atoms with E-state index in [1.165, 1.54) is 12.4 Å². The third-order valence-electron chi connectivity index (χ3n) is 6.42. The van der Waals surface area contributed by atoms with Crippen LogP contribution < -0.4 is 14.8 Å². The van der Waals surface area contributed by atoms with Gasteiger partial charge in [-0.2, -0.15) is 23.7 Å². The zero-order valence-corrected chi connectivity index (χ0v) is 21.7. The fraction of sp³-hybridized carbons (Fsp3) is 0.259. The summed E-state index contributed by atoms with van der Waals surface area (Å²) in [5.74, 6) is 0.363. The van der Waals surface area contributed by atoms with Gasteiger partial charge in [0.25, 0.3) is 10.2 Å². The van der Waals surface area contributed by atoms with Gasteiger partial charge < -0.3 is 9.88 Å². The Kier molecular flexibility index (Phi) is 6.72. The molecule has 5 rings (SSSR count). The van der Waals surface area contributed by atoms with Crippen LogP contribution in [-0.4, -0.2) is 29.0 Å². The number of benzene rings is 2. The molecule has 0 aliphatic heterocycles. The van der Waals surface area contributed by atoms with E-state index in [0.717, 1.165) is 47.1 Å². The first-order valence-corrected chi connectivity index (χ1v) is 13.7. The highest BCUT2D eigenvalue weighted by Gasteiger charge is 2.28. The van der Waals surface area contributed by atoms with Crippen molar-refractivity contribution >= 4 is 38.3 Å². The molecule has 0 spiro atoms. The van der Waals surface area contributed by atoms with E-state index < -0.39 is 10.2 Å². The van der Waals surface area contributed by atoms with Gasteiger partial charge in [0.15, 0.2) is 11.5 Å². The highest BCUT2D eigenvalue weighted by atomic mass is 32.2. The molecule has 0 bridgehead atoms. The second kappa shape index (κ2) is 10.1. The predicted molar refractivity (Wildman–Crippen MR) is 146 cm³/mol. The summed E-state index contributed by atoms with van der Waals surface area (Å²) in [5.41, 5.74) is 4.43. The van der Waals surface area contributed by atoms with Crippen molar-refractivity contribution in [1.82, 2.24) is 19.3 Å². The molecule has 1 aliphatic carbocycles. The van der Waals surface area contributed by atoms with Crippen LogP contribution in [0.1, 0.15) is 50.4 Å². The average Bonchev–Trinajstić information content (AvgIpc) is 3.16. The van der Waals surface area contributed by atoms with Crippen molar-refractivity contribution in [3.05, 3.63) is 66.1 Å². The number of hydrogen-bond acceptors (Lipinski definition) is 7. The Hall–Kier alpha value is -4.45. The molecule has 192 valence electrons. The van der Waals surface area contributed by atoms with Gasteiger partial charge in [-0.25, -0.2) is 9.97 Å². The quantitative estimate of drug-likeness (QED) is 0.294. The highest BCUT2D eigenvalue weighted by Crippen LogP contribution is 2.43. The first-order valence-electron chi connectivity index (χ1n) is 12.3. The number of rotatable bonds is 8. The molecule has 10 nitrogen and oxygen atoms in total. The summed E-state index contributed by atoms with van der Waals surface area (Å²) in [6, 6.07) is 17.2. The molecule has 1 saturated carbocycles. The Labute approximate surface area is 221 Å². The van der Waals surface area contributed by atoms with E-state index in [4.69, 9.17) is 0 Å². The Balaban J connectivity index is 1.57. The van der Waals surface area contributed by atoms with Gasteiger partial charge in [0.05, 0.1) is 16.8 Å². The molecule has 11 heteroatoms. The molecule has 2 heterocycles. The summed E-state index contributed by atoms with van der Waals surface area (Å²) < 4.78 is 31.8. The lowest BCUT2D eigenvalue weighted by molar-refractivity contribution is 0.324. The molecule has 1 fully saturated rings. The molecule has 2 aromatic carbocycles. The normalized spacial score (nSPS) is 13.6. The summed E-state index contributed by atoms with van der Waals surface area (Å²) in [6.07, 6.45) is 6.10. The summed E-state index contributed by atoms with van der Waals surface area (Å²) in [4.78, 5) is 8.29. The molecule has 0 saturated heterocycles. The summed E-state index contributed by atoms with van der Waals surface area (Å²) >= 11 is 0. The monoisotopic (exact) mass is 526 g/mol. The number of hydrogen-bond donors (Lipinski definition) is 3. The molecule has 0 radical (unpaired) electrons. The number of aromatic nitrogens is 3. The van der Waals surface area contributed by atoms with Gasteiger partial charge in [0, 0.05) is 41.2 Å². The SMILES string of the molecule is CC(C)NS(=O)(=O)Nc1ccc(-c2c(C#N)c3ccc(Nc4nccnc4C#N)cc3n2C2CCC2)cc1. The van der Waals surface area contributed by atoms with E-state index >= 15 is 0 Å². The lowest BCUT2D eigenvalue weighted by atomic mass is 9.92. The van der Waals surface area contributed by atoms with Gasteiger partial charge >= 0.3 is 0 Å². The maximum absolute atomic E-state index is 12.3. The van der Waals surface area contributed by atoms with E-state index in [-0.39, 0.29) is 17.8 Å². The van der Waals surface area contributed by atoms with Crippen molar-refractivity contribution in [2.45, 2.75) is 45.2 Å². The number of nitrogens with zero attached hydrogens (tertiary/aromatic N) is 5. The zero-order chi connectivity index (χ0) is 26.9. The third-order valence-corrected chi connectivity index (χ3v) is 7.71. The molecule has 0 unspecified atom stereocenters. The topological polar surface area (TPSA) is 149 Å². The second-order valence-corrected chi connectivity index (χ2v) is 10.9. The largest absolute Gasteiger partial charge is 0.338 e. The minimum absolute atomic E-state index is 0.194. The summed E-state index contributed by atoms with van der Waals surface area (Å²) in [5, 5.41) is 23.6. The van der Waals surface area contributed by atoms with E-state index in [1.807, 2.05) is 36.4 Å². The lowest BCUT2D eigenvalue weighted by Crippen LogP contribution is -2.35. The Morgan fingerprint density at radius 3 is 2.34 bits per heavy atom. The van der Waals surface area contributed by atoms with Crippen LogP contribution in [0.2, 0.25) is 0 Å². The summed E-state index contributed by atoms with van der Waals surface area (Å²) in [7, 11) is -3.69. The molecule has 2 aromatic heterocycles. The molecule has 1 aliphatic rings. The van der Waals surface area contributed by atoms with Crippen LogP contribution in [0, 0.1) is 22.7 Å². The third kappa shape index (κ3) is 4.90. The second-order valence-electron chi connectivity index (χ2n) is 9.47. The van der Waals surface area contributed by atoms with Gasteiger partial charge in [0.1, 0.15) is 12.1 Å². The zero-order valence-electron chi connectivity index (χ0n) is 20.9. The first-order chi connectivity index (χ1) is 18.3. The van der Waals surface area contributed by atoms with E-state index in [2.05, 4.69) is 35.4 Å². The van der Waals surface area contributed by atoms with Gasteiger partial charge in [0.2, 0.25) is 0 Å². The van der Waals surface area contributed by atoms with Crippen molar-refractivity contribution in [2.24, 2.45) is 0 Å². The minimum atomic E-state index is -3.69. The molecule has 3 N–H and O–H groups in total. The van der Waals surface area contributed by atoms with Gasteiger partial charge in [-0.3, -0.25) is 4.72 Å². The molecule has 38 heavy (non-hydrogen) atoms. The average molecular weight is 527 g/mol. The molecular formula is C27H26N8O2S. The van der Waals surface area contributed by atoms with E-state index in [9.17, 15) is 18.9 Å². The van der Waals surface area contributed by atoms with E-state index in [1.54, 1.807) is 26.0 Å². The van der Waals surface area contributed by atoms with Crippen LogP contribution in [0.5, 0.6) is 0 Å². The molecular weight excluding hydrogens is 500 g/mol. The van der Waals surface area contributed by atoms with Crippen molar-refractivity contribution in [1.29, 1.82) is 10.5 Å². The first kappa shape index (κ1) is 25.2. The van der Waals surface area contributed by atoms with Crippen LogP contribution in [0.25, 0.3) is 22.2 Å². The molecule has 0 atom stereocenters. The Morgan fingerprint density at radius 2 is 1.71 bits per heavy atom. The van der Waals surface area contributed by atoms with Crippen LogP contribution in [0.3, 0.4) is 0 Å². The number of nitriles is 2. The van der Waals surface area contributed by atoms with Crippen molar-refractivity contribution < 1.29 is 8.42 Å². The fourth-order valence-electron chi connectivity index (χ4n) is 4.65. The standard InChI is InChI=1S/C27H26N8O2S/c1-17(2)33-38(36,37)34-19-8-6-18(7-9-19)26-23(15-28)22-11-10-20(14-25(22)35(26)21-4-3-5-21)32-27-24(16-29)30-12-13-31-27/h6-14,17,21,33-34H,3-5H2,1-2H3,(H,31,32).